The molecule has 0 unspecified atom stereocenters. The van der Waals surface area contributed by atoms with Gasteiger partial charge in [-0.3, -0.25) is 4.79 Å². The molecule has 0 saturated carbocycles. The lowest BCUT2D eigenvalue weighted by Gasteiger charge is -2.44. The summed E-state index contributed by atoms with van der Waals surface area (Å²) in [6.07, 6.45) is -5.26. The molecule has 9 nitrogen and oxygen atoms in total. The Hall–Kier alpha value is -3.35. The number of nitrogens with one attached hydrogen (secondary N) is 2. The van der Waals surface area contributed by atoms with Crippen LogP contribution in [0.3, 0.4) is 0 Å². The second-order valence-corrected chi connectivity index (χ2v) is 9.58. The van der Waals surface area contributed by atoms with Gasteiger partial charge in [-0.25, -0.2) is 4.79 Å². The Labute approximate surface area is 224 Å². The van der Waals surface area contributed by atoms with Crippen LogP contribution in [-0.2, 0) is 27.0 Å². The summed E-state index contributed by atoms with van der Waals surface area (Å²) in [5.74, 6) is 0.488. The number of amides is 3. The summed E-state index contributed by atoms with van der Waals surface area (Å²) in [4.78, 5) is 27.2. The molecule has 2 heterocycles. The van der Waals surface area contributed by atoms with Crippen molar-refractivity contribution >= 4 is 17.6 Å². The van der Waals surface area contributed by atoms with Crippen molar-refractivity contribution in [3.05, 3.63) is 59.7 Å². The van der Waals surface area contributed by atoms with Gasteiger partial charge in [0.2, 0.25) is 5.91 Å². The average Bonchev–Trinajstić information content (AvgIpc) is 2.90. The number of β-amino-alcohol motifs (C(OH)–C–C–N with tert-alkyl or cyclic N) is 1. The molecule has 2 aromatic rings. The minimum Gasteiger partial charge on any atom is -0.496 e. The van der Waals surface area contributed by atoms with E-state index >= 15 is 0 Å². The maximum absolute atomic E-state index is 13.2. The highest BCUT2D eigenvalue weighted by Gasteiger charge is 2.40. The Morgan fingerprint density at radius 1 is 1.10 bits per heavy atom. The number of halogens is 3. The molecule has 0 radical (unpaired) electrons. The highest BCUT2D eigenvalue weighted by Crippen LogP contribution is 2.31. The van der Waals surface area contributed by atoms with Crippen LogP contribution in [0.5, 0.6) is 5.75 Å². The number of carbonyl (C=O) groups excluding carboxylic acids is 2. The van der Waals surface area contributed by atoms with E-state index in [0.717, 1.165) is 17.7 Å². The normalized spacial score (nSPS) is 23.7. The number of hydrogen-bond donors (Lipinski definition) is 3. The number of ether oxygens (including phenoxy) is 3. The first-order chi connectivity index (χ1) is 18.6. The van der Waals surface area contributed by atoms with Crippen LogP contribution in [0.25, 0.3) is 0 Å². The van der Waals surface area contributed by atoms with E-state index in [2.05, 4.69) is 10.6 Å². The summed E-state index contributed by atoms with van der Waals surface area (Å²) < 4.78 is 55.7. The second-order valence-electron chi connectivity index (χ2n) is 9.58. The quantitative estimate of drug-likeness (QED) is 0.507. The predicted molar refractivity (Wildman–Crippen MR) is 135 cm³/mol. The molecule has 4 atom stereocenters. The first-order valence-electron chi connectivity index (χ1n) is 12.7. The molecular formula is C27H32F3N3O6. The van der Waals surface area contributed by atoms with Crippen molar-refractivity contribution in [3.8, 4) is 5.75 Å². The lowest BCUT2D eigenvalue weighted by atomic mass is 9.95. The lowest BCUT2D eigenvalue weighted by Crippen LogP contribution is -2.58. The molecule has 2 saturated heterocycles. The number of hydrogen-bond acceptors (Lipinski definition) is 6. The molecule has 3 N–H and O–H groups in total. The van der Waals surface area contributed by atoms with Gasteiger partial charge >= 0.3 is 12.2 Å². The highest BCUT2D eigenvalue weighted by molar-refractivity contribution is 5.89. The number of methoxy groups -OCH3 is 1. The number of anilines is 1. The Kier molecular flexibility index (Phi) is 9.31. The molecule has 0 spiro atoms. The first-order valence-corrected chi connectivity index (χ1v) is 12.7. The van der Waals surface area contributed by atoms with Crippen molar-refractivity contribution < 1.29 is 42.1 Å². The van der Waals surface area contributed by atoms with E-state index in [1.165, 1.54) is 17.0 Å². The maximum Gasteiger partial charge on any atom is 0.416 e. The molecule has 0 aromatic heterocycles. The summed E-state index contributed by atoms with van der Waals surface area (Å²) >= 11 is 0. The fourth-order valence-corrected chi connectivity index (χ4v) is 4.83. The molecule has 4 rings (SSSR count). The van der Waals surface area contributed by atoms with Gasteiger partial charge in [0.15, 0.2) is 0 Å². The molecule has 2 aliphatic heterocycles. The Bertz CT molecular complexity index is 1130. The zero-order valence-electron chi connectivity index (χ0n) is 21.4. The summed E-state index contributed by atoms with van der Waals surface area (Å²) in [5.41, 5.74) is 0.219. The molecule has 2 fully saturated rings. The van der Waals surface area contributed by atoms with Crippen LogP contribution in [0.1, 0.15) is 30.4 Å². The highest BCUT2D eigenvalue weighted by atomic mass is 19.4. The fraction of sp³-hybridized carbons (Fsp3) is 0.481. The topological polar surface area (TPSA) is 109 Å². The molecule has 39 heavy (non-hydrogen) atoms. The Morgan fingerprint density at radius 2 is 1.85 bits per heavy atom. The Morgan fingerprint density at radius 3 is 2.56 bits per heavy atom. The number of rotatable bonds is 6. The minimum absolute atomic E-state index is 0.0132. The lowest BCUT2D eigenvalue weighted by molar-refractivity contribution is -0.149. The summed E-state index contributed by atoms with van der Waals surface area (Å²) in [7, 11) is 1.57. The molecule has 3 amide bonds. The fourth-order valence-electron chi connectivity index (χ4n) is 4.83. The number of para-hydroxylation sites is 1. The molecular weight excluding hydrogens is 519 g/mol. The molecule has 0 bridgehead atoms. The van der Waals surface area contributed by atoms with Gasteiger partial charge in [-0.15, -0.1) is 0 Å². The zero-order chi connectivity index (χ0) is 28.0. The Balaban J connectivity index is 1.36. The number of alkyl halides is 3. The van der Waals surface area contributed by atoms with E-state index in [1.807, 2.05) is 24.3 Å². The third-order valence-corrected chi connectivity index (χ3v) is 6.79. The second kappa shape index (κ2) is 12.7. The van der Waals surface area contributed by atoms with Crippen LogP contribution in [0.2, 0.25) is 0 Å². The van der Waals surface area contributed by atoms with E-state index < -0.39 is 42.1 Å². The van der Waals surface area contributed by atoms with E-state index in [0.29, 0.717) is 25.1 Å². The SMILES string of the molecule is COc1ccccc1CNC(=O)C[C@@H]1CC[C@@H]2[C@H](COC[C@@H](O)CN2C(=O)Nc2ccc(C(F)(F)F)cc2)O1. The first kappa shape index (κ1) is 28.7. The maximum atomic E-state index is 13.2. The van der Waals surface area contributed by atoms with Gasteiger partial charge in [0.05, 0.1) is 57.1 Å². The van der Waals surface area contributed by atoms with Gasteiger partial charge < -0.3 is 34.9 Å². The monoisotopic (exact) mass is 551 g/mol. The van der Waals surface area contributed by atoms with Gasteiger partial charge in [0, 0.05) is 17.8 Å². The van der Waals surface area contributed by atoms with Gasteiger partial charge in [-0.2, -0.15) is 13.2 Å². The van der Waals surface area contributed by atoms with Gasteiger partial charge in [0.25, 0.3) is 0 Å². The molecule has 2 aliphatic rings. The molecule has 12 heteroatoms. The number of aliphatic hydroxyl groups is 1. The zero-order valence-corrected chi connectivity index (χ0v) is 21.4. The summed E-state index contributed by atoms with van der Waals surface area (Å²) in [5, 5.41) is 15.8. The number of carbonyl (C=O) groups is 2. The van der Waals surface area contributed by atoms with Crippen molar-refractivity contribution in [2.45, 2.75) is 56.3 Å². The van der Waals surface area contributed by atoms with Crippen LogP contribution < -0.4 is 15.4 Å². The van der Waals surface area contributed by atoms with E-state index in [4.69, 9.17) is 14.2 Å². The number of urea groups is 1. The largest absolute Gasteiger partial charge is 0.496 e. The predicted octanol–water partition coefficient (Wildman–Crippen LogP) is 3.56. The average molecular weight is 552 g/mol. The van der Waals surface area contributed by atoms with Gasteiger partial charge in [0.1, 0.15) is 11.9 Å². The van der Waals surface area contributed by atoms with E-state index in [1.54, 1.807) is 7.11 Å². The smallest absolute Gasteiger partial charge is 0.416 e. The van der Waals surface area contributed by atoms with Crippen molar-refractivity contribution in [1.29, 1.82) is 0 Å². The van der Waals surface area contributed by atoms with E-state index in [-0.39, 0.29) is 37.8 Å². The van der Waals surface area contributed by atoms with Crippen LogP contribution in [0, 0.1) is 0 Å². The molecule has 0 aliphatic carbocycles. The van der Waals surface area contributed by atoms with Crippen molar-refractivity contribution in [1.82, 2.24) is 10.2 Å². The third kappa shape index (κ3) is 7.61. The summed E-state index contributed by atoms with van der Waals surface area (Å²) in [6, 6.07) is 10.5. The third-order valence-electron chi connectivity index (χ3n) is 6.79. The van der Waals surface area contributed by atoms with E-state index in [9.17, 15) is 27.9 Å². The standard InChI is InChI=1S/C27H32F3N3O6/c1-37-23-5-3-2-4-17(23)13-31-25(35)12-21-10-11-22-24(39-21)16-38-15-20(34)14-33(22)26(36)32-19-8-6-18(7-9-19)27(28,29)30/h2-9,20-22,24,34H,10-16H2,1H3,(H,31,35)(H,32,36)/t20-,21-,22+,24-/m0/s1. The van der Waals surface area contributed by atoms with Gasteiger partial charge in [-0.05, 0) is 43.2 Å². The number of fused-ring (bicyclic) bond motifs is 1. The van der Waals surface area contributed by atoms with Crippen LogP contribution in [-0.4, -0.2) is 73.2 Å². The van der Waals surface area contributed by atoms with Crippen LogP contribution >= 0.6 is 0 Å². The molecule has 2 aromatic carbocycles. The van der Waals surface area contributed by atoms with Crippen molar-refractivity contribution in [2.75, 3.05) is 32.2 Å². The van der Waals surface area contributed by atoms with Crippen molar-refractivity contribution in [3.63, 3.8) is 0 Å². The minimum atomic E-state index is -4.48. The number of aliphatic hydroxyl groups excluding tert-OH is 1. The van der Waals surface area contributed by atoms with Crippen LogP contribution in [0.4, 0.5) is 23.7 Å². The van der Waals surface area contributed by atoms with Crippen molar-refractivity contribution in [2.24, 2.45) is 0 Å². The summed E-state index contributed by atoms with van der Waals surface area (Å²) in [6.45, 7) is 0.368. The number of benzene rings is 2. The van der Waals surface area contributed by atoms with Crippen LogP contribution in [0.15, 0.2) is 48.5 Å². The van der Waals surface area contributed by atoms with Gasteiger partial charge in [-0.1, -0.05) is 18.2 Å². The number of nitrogens with zero attached hydrogens (tertiary/aromatic N) is 1. The molecule has 212 valence electrons.